The predicted molar refractivity (Wildman–Crippen MR) is 162 cm³/mol. The van der Waals surface area contributed by atoms with E-state index in [0.29, 0.717) is 17.8 Å². The summed E-state index contributed by atoms with van der Waals surface area (Å²) in [6, 6.07) is 38.4. The molecule has 3 saturated carbocycles. The number of rotatable bonds is 7. The lowest BCUT2D eigenvalue weighted by Gasteiger charge is -2.61. The van der Waals surface area contributed by atoms with E-state index >= 15 is 0 Å². The summed E-state index contributed by atoms with van der Waals surface area (Å²) in [7, 11) is 4.51. The molecular weight excluding hydrogens is 521 g/mol. The summed E-state index contributed by atoms with van der Waals surface area (Å²) in [5, 5.41) is 1.45. The maximum absolute atomic E-state index is 7.34. The minimum atomic E-state index is -0.212. The highest BCUT2D eigenvalue weighted by Crippen LogP contribution is 2.60. The Hall–Kier alpha value is -2.62. The molecule has 4 aromatic rings. The number of hydrogen-bond donors (Lipinski definition) is 0. The van der Waals surface area contributed by atoms with E-state index in [0.717, 1.165) is 40.4 Å². The van der Waals surface area contributed by atoms with E-state index in [1.165, 1.54) is 11.1 Å². The van der Waals surface area contributed by atoms with E-state index in [4.69, 9.17) is 27.9 Å². The fourth-order valence-corrected chi connectivity index (χ4v) is 7.47. The van der Waals surface area contributed by atoms with Crippen molar-refractivity contribution >= 4 is 23.2 Å². The molecule has 0 unspecified atom stereocenters. The molecule has 7 rings (SSSR count). The molecule has 3 atom stereocenters. The Morgan fingerprint density at radius 1 is 0.641 bits per heavy atom. The molecule has 2 bridgehead atoms. The Balaban J connectivity index is 1.46. The van der Waals surface area contributed by atoms with Crippen LogP contribution >= 0.6 is 23.2 Å². The summed E-state index contributed by atoms with van der Waals surface area (Å²) >= 11 is 12.6. The molecule has 0 amide bonds. The molecule has 0 aromatic heterocycles. The number of nitrogens with zero attached hydrogens (tertiary/aromatic N) is 1. The third kappa shape index (κ3) is 5.28. The SMILES string of the molecule is CN(C)C12C[C@@H](OC(c3ccc(Cl)cc3)c3ccc(Cl)cc3)C([C@H](c3ccccc3)C1)[C@H](c1ccccc1)C2. The molecule has 39 heavy (non-hydrogen) atoms. The predicted octanol–water partition coefficient (Wildman–Crippen LogP) is 9.15. The van der Waals surface area contributed by atoms with Crippen LogP contribution in [0.25, 0.3) is 0 Å². The maximum Gasteiger partial charge on any atom is 0.108 e. The zero-order chi connectivity index (χ0) is 27.0. The van der Waals surface area contributed by atoms with Crippen molar-refractivity contribution < 1.29 is 4.74 Å². The Kier molecular flexibility index (Phi) is 7.57. The number of benzene rings is 4. The molecule has 0 radical (unpaired) electrons. The smallest absolute Gasteiger partial charge is 0.108 e. The van der Waals surface area contributed by atoms with E-state index in [9.17, 15) is 0 Å². The van der Waals surface area contributed by atoms with Gasteiger partial charge in [0.25, 0.3) is 0 Å². The average molecular weight is 557 g/mol. The van der Waals surface area contributed by atoms with Crippen molar-refractivity contribution in [2.45, 2.75) is 48.8 Å². The van der Waals surface area contributed by atoms with Gasteiger partial charge in [0.15, 0.2) is 0 Å². The molecule has 3 fully saturated rings. The lowest BCUT2D eigenvalue weighted by molar-refractivity contribution is -0.136. The van der Waals surface area contributed by atoms with Gasteiger partial charge in [-0.15, -0.1) is 0 Å². The molecule has 4 aromatic carbocycles. The third-order valence-electron chi connectivity index (χ3n) is 9.20. The van der Waals surface area contributed by atoms with Gasteiger partial charge in [-0.3, -0.25) is 0 Å². The second-order valence-corrected chi connectivity index (χ2v) is 12.4. The van der Waals surface area contributed by atoms with Gasteiger partial charge in [0.2, 0.25) is 0 Å². The van der Waals surface area contributed by atoms with Crippen LogP contribution in [0, 0.1) is 5.92 Å². The lowest BCUT2D eigenvalue weighted by Crippen LogP contribution is -2.61. The topological polar surface area (TPSA) is 12.5 Å². The third-order valence-corrected chi connectivity index (χ3v) is 9.70. The summed E-state index contributed by atoms with van der Waals surface area (Å²) in [5.74, 6) is 1.17. The van der Waals surface area contributed by atoms with Crippen molar-refractivity contribution in [3.8, 4) is 0 Å². The van der Waals surface area contributed by atoms with Crippen LogP contribution in [0.5, 0.6) is 0 Å². The molecule has 4 heteroatoms. The van der Waals surface area contributed by atoms with Crippen LogP contribution in [0.2, 0.25) is 10.0 Å². The minimum absolute atomic E-state index is 0.0466. The van der Waals surface area contributed by atoms with Gasteiger partial charge >= 0.3 is 0 Å². The van der Waals surface area contributed by atoms with E-state index < -0.39 is 0 Å². The van der Waals surface area contributed by atoms with Crippen LogP contribution in [0.1, 0.15) is 59.5 Å². The summed E-state index contributed by atoms with van der Waals surface area (Å²) in [6.07, 6.45) is 3.15. The number of halogens is 2. The average Bonchev–Trinajstić information content (AvgIpc) is 2.98. The van der Waals surface area contributed by atoms with Crippen LogP contribution in [-0.2, 0) is 4.74 Å². The monoisotopic (exact) mass is 555 g/mol. The standard InChI is InChI=1S/C35H35Cl2NO/c1-38(2)35-21-30(24-9-5-3-6-10-24)33(31(22-35)25-11-7-4-8-12-25)32(23-35)39-34(26-13-17-28(36)18-14-26)27-15-19-29(37)20-16-27/h3-20,30-34H,21-23H2,1-2H3/t30-,31-,32+,33?,35?/m0/s1. The summed E-state index contributed by atoms with van der Waals surface area (Å²) in [4.78, 5) is 2.48. The minimum Gasteiger partial charge on any atom is -0.365 e. The molecule has 0 N–H and O–H groups in total. The number of hydrogen-bond acceptors (Lipinski definition) is 2. The van der Waals surface area contributed by atoms with Crippen LogP contribution in [0.3, 0.4) is 0 Å². The highest BCUT2D eigenvalue weighted by molar-refractivity contribution is 6.30. The highest BCUT2D eigenvalue weighted by atomic mass is 35.5. The zero-order valence-corrected chi connectivity index (χ0v) is 24.0. The fraction of sp³-hybridized carbons (Fsp3) is 0.314. The molecule has 2 nitrogen and oxygen atoms in total. The van der Waals surface area contributed by atoms with Crippen molar-refractivity contribution in [3.05, 3.63) is 141 Å². The summed E-state index contributed by atoms with van der Waals surface area (Å²) in [6.45, 7) is 0. The Morgan fingerprint density at radius 3 is 1.49 bits per heavy atom. The van der Waals surface area contributed by atoms with E-state index in [2.05, 4.69) is 104 Å². The largest absolute Gasteiger partial charge is 0.365 e. The molecule has 0 spiro atoms. The van der Waals surface area contributed by atoms with Crippen molar-refractivity contribution in [1.82, 2.24) is 4.90 Å². The molecule has 3 aliphatic carbocycles. The first-order chi connectivity index (χ1) is 18.9. The first kappa shape index (κ1) is 26.6. The van der Waals surface area contributed by atoms with Gasteiger partial charge in [-0.05, 0) is 97.6 Å². The summed E-state index contributed by atoms with van der Waals surface area (Å²) in [5.41, 5.74) is 5.09. The maximum atomic E-state index is 7.34. The van der Waals surface area contributed by atoms with Crippen molar-refractivity contribution in [3.63, 3.8) is 0 Å². The molecular formula is C35H35Cl2NO. The van der Waals surface area contributed by atoms with E-state index in [-0.39, 0.29) is 17.7 Å². The van der Waals surface area contributed by atoms with Crippen LogP contribution < -0.4 is 0 Å². The number of fused-ring (bicyclic) bond motifs is 3. The van der Waals surface area contributed by atoms with Crippen molar-refractivity contribution in [2.75, 3.05) is 14.1 Å². The van der Waals surface area contributed by atoms with Crippen LogP contribution in [0.15, 0.2) is 109 Å². The van der Waals surface area contributed by atoms with Gasteiger partial charge in [-0.2, -0.15) is 0 Å². The van der Waals surface area contributed by atoms with Gasteiger partial charge in [-0.25, -0.2) is 0 Å². The van der Waals surface area contributed by atoms with Gasteiger partial charge in [0, 0.05) is 15.6 Å². The Morgan fingerprint density at radius 2 is 1.08 bits per heavy atom. The molecule has 200 valence electrons. The quantitative estimate of drug-likeness (QED) is 0.225. The van der Waals surface area contributed by atoms with E-state index in [1.54, 1.807) is 0 Å². The first-order valence-electron chi connectivity index (χ1n) is 13.9. The molecule has 3 aliphatic rings. The Bertz CT molecular complexity index is 1280. The molecule has 0 heterocycles. The molecule has 0 saturated heterocycles. The van der Waals surface area contributed by atoms with Gasteiger partial charge in [0.1, 0.15) is 6.10 Å². The van der Waals surface area contributed by atoms with Crippen LogP contribution in [0.4, 0.5) is 0 Å². The normalized spacial score (nSPS) is 26.3. The summed E-state index contributed by atoms with van der Waals surface area (Å²) < 4.78 is 7.34. The highest BCUT2D eigenvalue weighted by Gasteiger charge is 2.57. The van der Waals surface area contributed by atoms with Gasteiger partial charge in [0.05, 0.1) is 6.10 Å². The fourth-order valence-electron chi connectivity index (χ4n) is 7.22. The zero-order valence-electron chi connectivity index (χ0n) is 22.5. The lowest BCUT2D eigenvalue weighted by atomic mass is 9.51. The van der Waals surface area contributed by atoms with Crippen molar-refractivity contribution in [1.29, 1.82) is 0 Å². The van der Waals surface area contributed by atoms with E-state index in [1.807, 2.05) is 24.3 Å². The second-order valence-electron chi connectivity index (χ2n) is 11.5. The van der Waals surface area contributed by atoms with Crippen molar-refractivity contribution in [2.24, 2.45) is 5.92 Å². The Labute approximate surface area is 242 Å². The molecule has 0 aliphatic heterocycles. The first-order valence-corrected chi connectivity index (χ1v) is 14.6. The van der Waals surface area contributed by atoms with Crippen LogP contribution in [-0.4, -0.2) is 30.6 Å². The van der Waals surface area contributed by atoms with Gasteiger partial charge < -0.3 is 9.64 Å². The number of ether oxygens (including phenoxy) is 1. The second kappa shape index (κ2) is 11.1. The van der Waals surface area contributed by atoms with Gasteiger partial charge in [-0.1, -0.05) is 108 Å².